The van der Waals surface area contributed by atoms with Gasteiger partial charge in [0.1, 0.15) is 0 Å². The third-order valence-electron chi connectivity index (χ3n) is 6.00. The monoisotopic (exact) mass is 373 g/mol. The molecule has 3 aliphatic heterocycles. The molecule has 7 heteroatoms. The van der Waals surface area contributed by atoms with Crippen molar-refractivity contribution in [1.82, 2.24) is 20.1 Å². The van der Waals surface area contributed by atoms with Crippen molar-refractivity contribution in [1.29, 1.82) is 0 Å². The maximum absolute atomic E-state index is 12.6. The number of carbonyl (C=O) groups is 1. The zero-order valence-electron chi connectivity index (χ0n) is 16.1. The second-order valence-corrected chi connectivity index (χ2v) is 7.84. The van der Waals surface area contributed by atoms with E-state index in [9.17, 15) is 4.79 Å². The summed E-state index contributed by atoms with van der Waals surface area (Å²) in [6.07, 6.45) is 8.53. The molecule has 0 aromatic carbocycles. The highest BCUT2D eigenvalue weighted by Gasteiger charge is 2.27. The third kappa shape index (κ3) is 4.90. The number of ether oxygens (including phenoxy) is 1. The first-order valence-corrected chi connectivity index (χ1v) is 10.3. The average Bonchev–Trinajstić information content (AvgIpc) is 3.23. The number of amides is 2. The van der Waals surface area contributed by atoms with Crippen LogP contribution in [0.5, 0.6) is 0 Å². The molecule has 3 saturated heterocycles. The molecule has 148 valence electrons. The smallest absolute Gasteiger partial charge is 0.317 e. The van der Waals surface area contributed by atoms with Gasteiger partial charge >= 0.3 is 6.03 Å². The van der Waals surface area contributed by atoms with Gasteiger partial charge in [0.15, 0.2) is 0 Å². The number of hydrogen-bond donors (Lipinski definition) is 1. The predicted molar refractivity (Wildman–Crippen MR) is 105 cm³/mol. The molecule has 1 aromatic rings. The van der Waals surface area contributed by atoms with E-state index in [0.717, 1.165) is 65.3 Å². The fourth-order valence-corrected chi connectivity index (χ4v) is 4.32. The van der Waals surface area contributed by atoms with Gasteiger partial charge in [0, 0.05) is 76.5 Å². The Labute approximate surface area is 161 Å². The first-order chi connectivity index (χ1) is 13.3. The van der Waals surface area contributed by atoms with Gasteiger partial charge in [-0.05, 0) is 37.8 Å². The van der Waals surface area contributed by atoms with Gasteiger partial charge in [-0.2, -0.15) is 0 Å². The Bertz CT molecular complexity index is 592. The molecule has 4 rings (SSSR count). The van der Waals surface area contributed by atoms with Gasteiger partial charge in [-0.1, -0.05) is 0 Å². The number of anilines is 1. The van der Waals surface area contributed by atoms with Crippen LogP contribution < -0.4 is 10.2 Å². The van der Waals surface area contributed by atoms with Crippen molar-refractivity contribution in [3.8, 4) is 0 Å². The number of pyridine rings is 1. The molecular formula is C20H31N5O2. The summed E-state index contributed by atoms with van der Waals surface area (Å²) in [6, 6.07) is 4.46. The van der Waals surface area contributed by atoms with Crippen LogP contribution in [0.2, 0.25) is 0 Å². The van der Waals surface area contributed by atoms with Crippen LogP contribution >= 0.6 is 0 Å². The minimum Gasteiger partial charge on any atom is -0.377 e. The fourth-order valence-electron chi connectivity index (χ4n) is 4.32. The topological polar surface area (TPSA) is 60.9 Å². The fraction of sp³-hybridized carbons (Fsp3) is 0.700. The number of hydrogen-bond acceptors (Lipinski definition) is 5. The number of piperidine rings is 1. The standard InChI is InChI=1S/C20H31N5O2/c26-20(25-13-11-24(12-14-25)18-3-7-21-8-4-18)22-17-5-9-23(10-6-17)16-19-2-1-15-27-19/h3-4,7-8,17,19H,1-2,5-6,9-16H2,(H,22,26). The minimum absolute atomic E-state index is 0.0990. The highest BCUT2D eigenvalue weighted by atomic mass is 16.5. The molecule has 0 bridgehead atoms. The van der Waals surface area contributed by atoms with E-state index in [1.165, 1.54) is 18.5 Å². The van der Waals surface area contributed by atoms with E-state index in [0.29, 0.717) is 12.1 Å². The second kappa shape index (κ2) is 8.89. The largest absolute Gasteiger partial charge is 0.377 e. The average molecular weight is 374 g/mol. The van der Waals surface area contributed by atoms with E-state index >= 15 is 0 Å². The van der Waals surface area contributed by atoms with Crippen LogP contribution in [0.15, 0.2) is 24.5 Å². The quantitative estimate of drug-likeness (QED) is 0.868. The molecule has 0 radical (unpaired) electrons. The van der Waals surface area contributed by atoms with Crippen LogP contribution in [0, 0.1) is 0 Å². The lowest BCUT2D eigenvalue weighted by atomic mass is 10.0. The molecule has 3 aliphatic rings. The Morgan fingerprint density at radius 3 is 2.48 bits per heavy atom. The van der Waals surface area contributed by atoms with Gasteiger partial charge in [-0.3, -0.25) is 4.98 Å². The van der Waals surface area contributed by atoms with Crippen molar-refractivity contribution >= 4 is 11.7 Å². The number of nitrogens with one attached hydrogen (secondary N) is 1. The Morgan fingerprint density at radius 1 is 1.07 bits per heavy atom. The molecule has 0 aliphatic carbocycles. The van der Waals surface area contributed by atoms with Gasteiger partial charge in [0.05, 0.1) is 6.10 Å². The van der Waals surface area contributed by atoms with E-state index in [1.54, 1.807) is 0 Å². The molecule has 1 unspecified atom stereocenters. The zero-order chi connectivity index (χ0) is 18.5. The predicted octanol–water partition coefficient (Wildman–Crippen LogP) is 1.56. The number of carbonyl (C=O) groups excluding carboxylic acids is 1. The van der Waals surface area contributed by atoms with Crippen LogP contribution in [0.4, 0.5) is 10.5 Å². The summed E-state index contributed by atoms with van der Waals surface area (Å²) in [6.45, 7) is 7.37. The molecule has 0 saturated carbocycles. The number of piperazine rings is 1. The summed E-state index contributed by atoms with van der Waals surface area (Å²) in [7, 11) is 0. The third-order valence-corrected chi connectivity index (χ3v) is 6.00. The summed E-state index contributed by atoms with van der Waals surface area (Å²) in [5, 5.41) is 3.26. The molecular weight excluding hydrogens is 342 g/mol. The van der Waals surface area contributed by atoms with E-state index in [1.807, 2.05) is 29.4 Å². The number of aromatic nitrogens is 1. The first-order valence-electron chi connectivity index (χ1n) is 10.3. The summed E-state index contributed by atoms with van der Waals surface area (Å²) in [5.41, 5.74) is 1.18. The Hall–Kier alpha value is -1.86. The van der Waals surface area contributed by atoms with Gasteiger partial charge in [-0.15, -0.1) is 0 Å². The van der Waals surface area contributed by atoms with E-state index in [2.05, 4.69) is 20.1 Å². The van der Waals surface area contributed by atoms with E-state index in [4.69, 9.17) is 4.74 Å². The lowest BCUT2D eigenvalue weighted by molar-refractivity contribution is 0.0628. The molecule has 1 aromatic heterocycles. The van der Waals surface area contributed by atoms with Crippen LogP contribution in [0.1, 0.15) is 25.7 Å². The first kappa shape index (κ1) is 18.5. The molecule has 3 fully saturated rings. The summed E-state index contributed by atoms with van der Waals surface area (Å²) in [4.78, 5) is 23.5. The maximum atomic E-state index is 12.6. The Balaban J connectivity index is 1.17. The minimum atomic E-state index is 0.0990. The zero-order valence-corrected chi connectivity index (χ0v) is 16.1. The van der Waals surface area contributed by atoms with E-state index < -0.39 is 0 Å². The molecule has 1 atom stereocenters. The number of nitrogens with zero attached hydrogens (tertiary/aromatic N) is 4. The summed E-state index contributed by atoms with van der Waals surface area (Å²) >= 11 is 0. The molecule has 2 amide bonds. The molecule has 7 nitrogen and oxygen atoms in total. The number of urea groups is 1. The highest BCUT2D eigenvalue weighted by molar-refractivity contribution is 5.75. The number of likely N-dealkylation sites (tertiary alicyclic amines) is 1. The van der Waals surface area contributed by atoms with Crippen molar-refractivity contribution in [3.63, 3.8) is 0 Å². The van der Waals surface area contributed by atoms with Crippen LogP contribution in [-0.4, -0.2) is 85.4 Å². The van der Waals surface area contributed by atoms with Crippen LogP contribution in [0.25, 0.3) is 0 Å². The van der Waals surface area contributed by atoms with E-state index in [-0.39, 0.29) is 6.03 Å². The van der Waals surface area contributed by atoms with Gasteiger partial charge in [-0.25, -0.2) is 4.79 Å². The lowest BCUT2D eigenvalue weighted by Gasteiger charge is -2.38. The van der Waals surface area contributed by atoms with Gasteiger partial charge in [0.25, 0.3) is 0 Å². The van der Waals surface area contributed by atoms with Crippen molar-refractivity contribution in [3.05, 3.63) is 24.5 Å². The Kier molecular flexibility index (Phi) is 6.09. The highest BCUT2D eigenvalue weighted by Crippen LogP contribution is 2.18. The van der Waals surface area contributed by atoms with Gasteiger partial charge < -0.3 is 24.8 Å². The SMILES string of the molecule is O=C(NC1CCN(CC2CCCO2)CC1)N1CCN(c2ccncc2)CC1. The number of rotatable bonds is 4. The maximum Gasteiger partial charge on any atom is 0.317 e. The van der Waals surface area contributed by atoms with Gasteiger partial charge in [0.2, 0.25) is 0 Å². The second-order valence-electron chi connectivity index (χ2n) is 7.84. The van der Waals surface area contributed by atoms with Crippen LogP contribution in [0.3, 0.4) is 0 Å². The Morgan fingerprint density at radius 2 is 1.81 bits per heavy atom. The van der Waals surface area contributed by atoms with Crippen molar-refractivity contribution < 1.29 is 9.53 Å². The molecule has 0 spiro atoms. The summed E-state index contributed by atoms with van der Waals surface area (Å²) in [5.74, 6) is 0. The van der Waals surface area contributed by atoms with Crippen molar-refractivity contribution in [2.45, 2.75) is 37.8 Å². The molecule has 4 heterocycles. The lowest BCUT2D eigenvalue weighted by Crippen LogP contribution is -2.55. The molecule has 27 heavy (non-hydrogen) atoms. The van der Waals surface area contributed by atoms with Crippen molar-refractivity contribution in [2.75, 3.05) is 57.3 Å². The van der Waals surface area contributed by atoms with Crippen molar-refractivity contribution in [2.24, 2.45) is 0 Å². The normalized spacial score (nSPS) is 25.0. The van der Waals surface area contributed by atoms with Crippen LogP contribution in [-0.2, 0) is 4.74 Å². The summed E-state index contributed by atoms with van der Waals surface area (Å²) < 4.78 is 5.74. The molecule has 1 N–H and O–H groups in total.